The molecule has 4 rings (SSSR count). The van der Waals surface area contributed by atoms with E-state index in [-0.39, 0.29) is 0 Å². The van der Waals surface area contributed by atoms with Gasteiger partial charge in [-0.25, -0.2) is 0 Å². The van der Waals surface area contributed by atoms with Gasteiger partial charge in [0.15, 0.2) is 0 Å². The third-order valence-corrected chi connectivity index (χ3v) is 5.22. The number of aromatic nitrogens is 1. The molecule has 0 unspecified atom stereocenters. The zero-order chi connectivity index (χ0) is 22.1. The first-order chi connectivity index (χ1) is 15.2. The Kier molecular flexibility index (Phi) is 7.86. The maximum Gasteiger partial charge on any atom is 0.108 e. The Labute approximate surface area is 185 Å². The van der Waals surface area contributed by atoms with E-state index in [1.165, 1.54) is 22.0 Å². The lowest BCUT2D eigenvalue weighted by Crippen LogP contribution is -2.05. The summed E-state index contributed by atoms with van der Waals surface area (Å²) in [6, 6.07) is 15.1. The molecule has 3 aromatic rings. The first-order valence-electron chi connectivity index (χ1n) is 10.4. The summed E-state index contributed by atoms with van der Waals surface area (Å²) in [7, 11) is 0. The molecule has 0 saturated carbocycles. The van der Waals surface area contributed by atoms with Crippen molar-refractivity contribution < 1.29 is 4.74 Å². The summed E-state index contributed by atoms with van der Waals surface area (Å²) in [5.74, 6) is 0. The van der Waals surface area contributed by atoms with E-state index in [1.807, 2.05) is 13.0 Å². The summed E-state index contributed by atoms with van der Waals surface area (Å²) in [6.45, 7) is 6.69. The molecule has 1 aromatic heterocycles. The quantitative estimate of drug-likeness (QED) is 0.411. The van der Waals surface area contributed by atoms with E-state index in [9.17, 15) is 0 Å². The van der Waals surface area contributed by atoms with E-state index in [0.717, 1.165) is 23.5 Å². The number of fused-ring (bicyclic) bond motifs is 3. The Morgan fingerprint density at radius 3 is 2.81 bits per heavy atom. The van der Waals surface area contributed by atoms with Gasteiger partial charge in [0.2, 0.25) is 0 Å². The van der Waals surface area contributed by atoms with Gasteiger partial charge in [-0.3, -0.25) is 4.99 Å². The van der Waals surface area contributed by atoms with Crippen molar-refractivity contribution in [1.29, 1.82) is 0 Å². The highest BCUT2D eigenvalue weighted by Gasteiger charge is 2.06. The molecule has 0 fully saturated rings. The fourth-order valence-corrected chi connectivity index (χ4v) is 3.55. The number of rotatable bonds is 1. The van der Waals surface area contributed by atoms with Crippen LogP contribution in [0.1, 0.15) is 23.6 Å². The van der Waals surface area contributed by atoms with Gasteiger partial charge in [0.25, 0.3) is 0 Å². The van der Waals surface area contributed by atoms with Crippen molar-refractivity contribution in [3.8, 4) is 12.8 Å². The molecular formula is C27H29N3O. The highest BCUT2D eigenvalue weighted by Crippen LogP contribution is 2.20. The van der Waals surface area contributed by atoms with E-state index < -0.39 is 0 Å². The summed E-state index contributed by atoms with van der Waals surface area (Å²) in [5.41, 5.74) is 6.81. The lowest BCUT2D eigenvalue weighted by molar-refractivity contribution is 0.148. The molecule has 0 saturated heterocycles. The zero-order valence-electron chi connectivity index (χ0n) is 18.2. The third-order valence-electron chi connectivity index (χ3n) is 5.22. The molecule has 1 N–H and O–H groups in total. The number of allylic oxidation sites excluding steroid dienone is 3. The SMILES string of the molecule is C#C.C/C=C\C1=N/CNc2ccc(C)c(c2)COC/C=C/Cn2ccc3ccc1cc32. The minimum atomic E-state index is 0.517. The first-order valence-corrected chi connectivity index (χ1v) is 10.4. The maximum absolute atomic E-state index is 5.87. The van der Waals surface area contributed by atoms with E-state index in [0.29, 0.717) is 19.9 Å². The molecule has 2 aromatic carbocycles. The van der Waals surface area contributed by atoms with Gasteiger partial charge in [-0.2, -0.15) is 0 Å². The standard InChI is InChI=1S/C25H27N3O.C2H2/c1-3-6-24-21-9-8-20-11-13-28(25(20)16-21)12-4-5-14-29-17-22-15-23(26-18-27-24)10-7-19(22)2;1-2/h3-11,13,15-16,26H,12,14,17-18H2,1-2H3;1-2H/b5-4+,6-3-,27-24+;. The van der Waals surface area contributed by atoms with Crippen LogP contribution in [0, 0.1) is 19.8 Å². The monoisotopic (exact) mass is 411 g/mol. The van der Waals surface area contributed by atoms with Gasteiger partial charge in [0.05, 0.1) is 18.9 Å². The summed E-state index contributed by atoms with van der Waals surface area (Å²) >= 11 is 0. The van der Waals surface area contributed by atoms with Gasteiger partial charge in [-0.15, -0.1) is 12.8 Å². The van der Waals surface area contributed by atoms with E-state index in [1.54, 1.807) is 0 Å². The van der Waals surface area contributed by atoms with Crippen LogP contribution in [0.4, 0.5) is 5.69 Å². The summed E-state index contributed by atoms with van der Waals surface area (Å²) in [6.07, 6.45) is 18.5. The smallest absolute Gasteiger partial charge is 0.108 e. The molecule has 158 valence electrons. The lowest BCUT2D eigenvalue weighted by Gasteiger charge is -2.10. The Morgan fingerprint density at radius 2 is 1.97 bits per heavy atom. The molecule has 0 aliphatic carbocycles. The van der Waals surface area contributed by atoms with Crippen LogP contribution >= 0.6 is 0 Å². The Balaban J connectivity index is 0.00000132. The van der Waals surface area contributed by atoms with Crippen LogP contribution in [0.5, 0.6) is 0 Å². The Hall–Kier alpha value is -3.55. The lowest BCUT2D eigenvalue weighted by atomic mass is 10.1. The fraction of sp³-hybridized carbons (Fsp3) is 0.222. The fourth-order valence-electron chi connectivity index (χ4n) is 3.55. The van der Waals surface area contributed by atoms with Gasteiger partial charge in [-0.1, -0.05) is 36.4 Å². The minimum Gasteiger partial charge on any atom is -0.373 e. The third kappa shape index (κ3) is 5.53. The second-order valence-corrected chi connectivity index (χ2v) is 7.25. The summed E-state index contributed by atoms with van der Waals surface area (Å²) in [4.78, 5) is 4.82. The highest BCUT2D eigenvalue weighted by atomic mass is 16.5. The largest absolute Gasteiger partial charge is 0.373 e. The second kappa shape index (κ2) is 11.0. The summed E-state index contributed by atoms with van der Waals surface area (Å²) in [5, 5.41) is 4.66. The van der Waals surface area contributed by atoms with Crippen molar-refractivity contribution in [3.05, 3.63) is 89.7 Å². The first kappa shape index (κ1) is 22.1. The van der Waals surface area contributed by atoms with Crippen molar-refractivity contribution in [2.75, 3.05) is 18.6 Å². The van der Waals surface area contributed by atoms with Crippen LogP contribution in [0.25, 0.3) is 10.9 Å². The van der Waals surface area contributed by atoms with Crippen molar-refractivity contribution >= 4 is 22.3 Å². The number of nitrogens with one attached hydrogen (secondary N) is 1. The Morgan fingerprint density at radius 1 is 1.10 bits per heavy atom. The number of nitrogens with zero attached hydrogens (tertiary/aromatic N) is 2. The van der Waals surface area contributed by atoms with E-state index in [4.69, 9.17) is 9.73 Å². The van der Waals surface area contributed by atoms with Crippen molar-refractivity contribution in [2.24, 2.45) is 4.99 Å². The second-order valence-electron chi connectivity index (χ2n) is 7.25. The van der Waals surface area contributed by atoms with Crippen LogP contribution in [0.15, 0.2) is 78.0 Å². The van der Waals surface area contributed by atoms with Gasteiger partial charge >= 0.3 is 0 Å². The average molecular weight is 412 g/mol. The van der Waals surface area contributed by atoms with Gasteiger partial charge < -0.3 is 14.6 Å². The van der Waals surface area contributed by atoms with Crippen molar-refractivity contribution in [3.63, 3.8) is 0 Å². The number of anilines is 1. The van der Waals surface area contributed by atoms with Crippen molar-refractivity contribution in [2.45, 2.75) is 27.0 Å². The van der Waals surface area contributed by atoms with Crippen LogP contribution in [0.3, 0.4) is 0 Å². The topological polar surface area (TPSA) is 38.6 Å². The normalized spacial score (nSPS) is 17.2. The number of ether oxygens (including phenoxy) is 1. The number of aliphatic imine (C=N–C) groups is 1. The number of hydrogen-bond acceptors (Lipinski definition) is 3. The molecule has 0 radical (unpaired) electrons. The number of terminal acetylenes is 1. The van der Waals surface area contributed by atoms with E-state index in [2.05, 4.69) is 96.5 Å². The van der Waals surface area contributed by atoms with Crippen LogP contribution < -0.4 is 5.32 Å². The molecule has 31 heavy (non-hydrogen) atoms. The van der Waals surface area contributed by atoms with Crippen LogP contribution in [0.2, 0.25) is 0 Å². The number of aryl methyl sites for hydroxylation is 1. The molecule has 4 bridgehead atoms. The average Bonchev–Trinajstić information content (AvgIpc) is 3.20. The molecular weight excluding hydrogens is 382 g/mol. The molecule has 4 nitrogen and oxygen atoms in total. The summed E-state index contributed by atoms with van der Waals surface area (Å²) < 4.78 is 8.12. The molecule has 4 heteroatoms. The minimum absolute atomic E-state index is 0.517. The highest BCUT2D eigenvalue weighted by molar-refractivity contribution is 6.10. The predicted molar refractivity (Wildman–Crippen MR) is 132 cm³/mol. The molecule has 2 heterocycles. The number of hydrogen-bond donors (Lipinski definition) is 1. The van der Waals surface area contributed by atoms with Crippen LogP contribution in [-0.4, -0.2) is 23.6 Å². The molecule has 0 amide bonds. The number of benzene rings is 2. The van der Waals surface area contributed by atoms with Crippen molar-refractivity contribution in [1.82, 2.24) is 4.57 Å². The Bertz CT molecular complexity index is 1130. The maximum atomic E-state index is 5.87. The van der Waals surface area contributed by atoms with Gasteiger partial charge in [-0.05, 0) is 60.7 Å². The van der Waals surface area contributed by atoms with Crippen LogP contribution in [-0.2, 0) is 17.9 Å². The molecule has 1 aliphatic heterocycles. The van der Waals surface area contributed by atoms with E-state index >= 15 is 0 Å². The van der Waals surface area contributed by atoms with Gasteiger partial charge in [0, 0.05) is 29.5 Å². The predicted octanol–water partition coefficient (Wildman–Crippen LogP) is 5.72. The van der Waals surface area contributed by atoms with Gasteiger partial charge in [0.1, 0.15) is 6.67 Å². The molecule has 0 atom stereocenters. The zero-order valence-corrected chi connectivity index (χ0v) is 18.2. The molecule has 0 spiro atoms. The molecule has 1 aliphatic rings.